The maximum absolute atomic E-state index is 11.7. The predicted octanol–water partition coefficient (Wildman–Crippen LogP) is 2.53. The number of ether oxygens (including phenoxy) is 1. The van der Waals surface area contributed by atoms with Crippen molar-refractivity contribution in [2.75, 3.05) is 13.2 Å². The average Bonchev–Trinajstić information content (AvgIpc) is 2.54. The first-order chi connectivity index (χ1) is 10.3. The maximum Gasteiger partial charge on any atom is 0.257 e. The quantitative estimate of drug-likeness (QED) is 0.758. The molecule has 1 aromatic rings. The van der Waals surface area contributed by atoms with E-state index in [9.17, 15) is 4.79 Å². The summed E-state index contributed by atoms with van der Waals surface area (Å²) in [6.45, 7) is 1.21. The molecule has 0 aliphatic heterocycles. The number of allylic oxidation sites excluding steroid dienone is 1. The van der Waals surface area contributed by atoms with Gasteiger partial charge in [0.05, 0.1) is 0 Å². The number of benzene rings is 1. The lowest BCUT2D eigenvalue weighted by Gasteiger charge is -2.13. The molecule has 21 heavy (non-hydrogen) atoms. The van der Waals surface area contributed by atoms with Gasteiger partial charge < -0.3 is 15.8 Å². The third-order valence-electron chi connectivity index (χ3n) is 3.66. The van der Waals surface area contributed by atoms with Crippen molar-refractivity contribution >= 4 is 5.91 Å². The van der Waals surface area contributed by atoms with Gasteiger partial charge in [-0.1, -0.05) is 23.8 Å². The zero-order chi connectivity index (χ0) is 14.9. The summed E-state index contributed by atoms with van der Waals surface area (Å²) in [4.78, 5) is 11.7. The summed E-state index contributed by atoms with van der Waals surface area (Å²) in [7, 11) is 0. The van der Waals surface area contributed by atoms with Gasteiger partial charge in [0.1, 0.15) is 5.75 Å². The Kier molecular flexibility index (Phi) is 6.28. The summed E-state index contributed by atoms with van der Waals surface area (Å²) >= 11 is 0. The van der Waals surface area contributed by atoms with Gasteiger partial charge in [-0.15, -0.1) is 0 Å². The third kappa shape index (κ3) is 5.60. The Hall–Kier alpha value is -1.81. The van der Waals surface area contributed by atoms with Crippen molar-refractivity contribution < 1.29 is 9.53 Å². The molecule has 0 saturated carbocycles. The third-order valence-corrected chi connectivity index (χ3v) is 3.66. The van der Waals surface area contributed by atoms with Crippen LogP contribution < -0.4 is 15.8 Å². The Morgan fingerprint density at radius 1 is 1.33 bits per heavy atom. The van der Waals surface area contributed by atoms with Gasteiger partial charge in [0.2, 0.25) is 0 Å². The molecule has 2 rings (SSSR count). The molecule has 0 heterocycles. The van der Waals surface area contributed by atoms with Crippen molar-refractivity contribution in [1.82, 2.24) is 5.32 Å². The monoisotopic (exact) mass is 288 g/mol. The van der Waals surface area contributed by atoms with E-state index in [1.807, 2.05) is 24.3 Å². The summed E-state index contributed by atoms with van der Waals surface area (Å²) in [5.41, 5.74) is 8.04. The number of carbonyl (C=O) groups is 1. The number of amides is 1. The van der Waals surface area contributed by atoms with E-state index in [1.54, 1.807) is 0 Å². The summed E-state index contributed by atoms with van der Waals surface area (Å²) in [6, 6.07) is 7.51. The molecular weight excluding hydrogens is 264 g/mol. The van der Waals surface area contributed by atoms with Gasteiger partial charge in [-0.2, -0.15) is 0 Å². The summed E-state index contributed by atoms with van der Waals surface area (Å²) in [5, 5.41) is 2.90. The highest BCUT2D eigenvalue weighted by atomic mass is 16.5. The van der Waals surface area contributed by atoms with Crippen LogP contribution in [0, 0.1) is 0 Å². The van der Waals surface area contributed by atoms with Crippen molar-refractivity contribution in [2.24, 2.45) is 5.73 Å². The van der Waals surface area contributed by atoms with Crippen molar-refractivity contribution in [2.45, 2.75) is 38.6 Å². The zero-order valence-electron chi connectivity index (χ0n) is 12.4. The lowest BCUT2D eigenvalue weighted by molar-refractivity contribution is -0.123. The second-order valence-electron chi connectivity index (χ2n) is 5.35. The zero-order valence-corrected chi connectivity index (χ0v) is 12.4. The molecule has 1 amide bonds. The first kappa shape index (κ1) is 15.6. The molecule has 0 atom stereocenters. The Labute approximate surface area is 126 Å². The minimum atomic E-state index is -0.0791. The standard InChI is InChI=1S/C17H24N2O2/c18-12-15-7-4-8-16(11-15)21-13-17(20)19-10-9-14-5-2-1-3-6-14/h4-5,7-8,11H,1-3,6,9-10,12-13,18H2,(H,19,20). The van der Waals surface area contributed by atoms with E-state index in [1.165, 1.54) is 31.3 Å². The molecule has 1 aliphatic rings. The average molecular weight is 288 g/mol. The van der Waals surface area contributed by atoms with Crippen LogP contribution >= 0.6 is 0 Å². The molecule has 1 aliphatic carbocycles. The van der Waals surface area contributed by atoms with Crippen molar-refractivity contribution in [3.05, 3.63) is 41.5 Å². The van der Waals surface area contributed by atoms with Crippen molar-refractivity contribution in [1.29, 1.82) is 0 Å². The Balaban J connectivity index is 1.66. The minimum Gasteiger partial charge on any atom is -0.484 e. The fourth-order valence-corrected chi connectivity index (χ4v) is 2.46. The number of nitrogens with one attached hydrogen (secondary N) is 1. The van der Waals surface area contributed by atoms with E-state index in [-0.39, 0.29) is 12.5 Å². The Bertz CT molecular complexity index is 497. The van der Waals surface area contributed by atoms with E-state index in [4.69, 9.17) is 10.5 Å². The molecule has 4 nitrogen and oxygen atoms in total. The molecule has 1 aromatic carbocycles. The fraction of sp³-hybridized carbons (Fsp3) is 0.471. The number of carbonyl (C=O) groups excluding carboxylic acids is 1. The number of nitrogens with two attached hydrogens (primary N) is 1. The first-order valence-electron chi connectivity index (χ1n) is 7.64. The second kappa shape index (κ2) is 8.47. The first-order valence-corrected chi connectivity index (χ1v) is 7.64. The molecule has 0 saturated heterocycles. The Morgan fingerprint density at radius 3 is 3.00 bits per heavy atom. The molecule has 0 aromatic heterocycles. The summed E-state index contributed by atoms with van der Waals surface area (Å²) in [6.07, 6.45) is 8.20. The lowest BCUT2D eigenvalue weighted by atomic mass is 9.97. The number of hydrogen-bond acceptors (Lipinski definition) is 3. The topological polar surface area (TPSA) is 64.3 Å². The highest BCUT2D eigenvalue weighted by Crippen LogP contribution is 2.19. The van der Waals surface area contributed by atoms with Crippen molar-refractivity contribution in [3.8, 4) is 5.75 Å². The molecule has 0 fully saturated rings. The minimum absolute atomic E-state index is 0.0487. The summed E-state index contributed by atoms with van der Waals surface area (Å²) < 4.78 is 5.47. The van der Waals surface area contributed by atoms with E-state index in [2.05, 4.69) is 11.4 Å². The van der Waals surface area contributed by atoms with E-state index < -0.39 is 0 Å². The molecule has 0 bridgehead atoms. The van der Waals surface area contributed by atoms with Crippen LogP contribution in [-0.2, 0) is 11.3 Å². The van der Waals surface area contributed by atoms with E-state index >= 15 is 0 Å². The van der Waals surface area contributed by atoms with Crippen LogP contribution in [0.4, 0.5) is 0 Å². The van der Waals surface area contributed by atoms with Gasteiger partial charge in [-0.05, 0) is 49.8 Å². The molecule has 114 valence electrons. The van der Waals surface area contributed by atoms with Gasteiger partial charge in [0, 0.05) is 13.1 Å². The highest BCUT2D eigenvalue weighted by Gasteiger charge is 2.06. The van der Waals surface area contributed by atoms with E-state index in [0.717, 1.165) is 12.0 Å². The maximum atomic E-state index is 11.7. The largest absolute Gasteiger partial charge is 0.484 e. The van der Waals surface area contributed by atoms with Gasteiger partial charge in [0.25, 0.3) is 5.91 Å². The normalized spacial score (nSPS) is 14.4. The van der Waals surface area contributed by atoms with Crippen LogP contribution in [0.2, 0.25) is 0 Å². The summed E-state index contributed by atoms with van der Waals surface area (Å²) in [5.74, 6) is 0.604. The van der Waals surface area contributed by atoms with Crippen LogP contribution in [-0.4, -0.2) is 19.1 Å². The lowest BCUT2D eigenvalue weighted by Crippen LogP contribution is -2.30. The molecule has 0 spiro atoms. The van der Waals surface area contributed by atoms with E-state index in [0.29, 0.717) is 18.8 Å². The van der Waals surface area contributed by atoms with Gasteiger partial charge in [0.15, 0.2) is 6.61 Å². The van der Waals surface area contributed by atoms with Crippen LogP contribution in [0.3, 0.4) is 0 Å². The molecule has 0 unspecified atom stereocenters. The van der Waals surface area contributed by atoms with Crippen molar-refractivity contribution in [3.63, 3.8) is 0 Å². The van der Waals surface area contributed by atoms with Gasteiger partial charge in [-0.3, -0.25) is 4.79 Å². The van der Waals surface area contributed by atoms with Crippen LogP contribution in [0.5, 0.6) is 5.75 Å². The molecule has 0 radical (unpaired) electrons. The fourth-order valence-electron chi connectivity index (χ4n) is 2.46. The molecule has 4 heteroatoms. The number of rotatable bonds is 7. The second-order valence-corrected chi connectivity index (χ2v) is 5.35. The smallest absolute Gasteiger partial charge is 0.257 e. The van der Waals surface area contributed by atoms with Gasteiger partial charge in [-0.25, -0.2) is 0 Å². The predicted molar refractivity (Wildman–Crippen MR) is 84.0 cm³/mol. The van der Waals surface area contributed by atoms with Crippen LogP contribution in [0.25, 0.3) is 0 Å². The van der Waals surface area contributed by atoms with Crippen LogP contribution in [0.1, 0.15) is 37.7 Å². The molecule has 3 N–H and O–H groups in total. The Morgan fingerprint density at radius 2 is 2.24 bits per heavy atom. The van der Waals surface area contributed by atoms with Crippen LogP contribution in [0.15, 0.2) is 35.9 Å². The number of hydrogen-bond donors (Lipinski definition) is 2. The highest BCUT2D eigenvalue weighted by molar-refractivity contribution is 5.77. The SMILES string of the molecule is NCc1cccc(OCC(=O)NCCC2=CCCCC2)c1. The molecular formula is C17H24N2O2. The van der Waals surface area contributed by atoms with Gasteiger partial charge >= 0.3 is 0 Å².